The highest BCUT2D eigenvalue weighted by atomic mass is 32.2. The van der Waals surface area contributed by atoms with Crippen LogP contribution in [0.3, 0.4) is 0 Å². The lowest BCUT2D eigenvalue weighted by molar-refractivity contribution is 1.81. The zero-order valence-corrected chi connectivity index (χ0v) is 5.08. The molecule has 39 valence electrons. The van der Waals surface area contributed by atoms with Crippen molar-refractivity contribution >= 4 is 11.8 Å². The normalized spacial score (nSPS) is 8.00. The monoisotopic (exact) mass is 115 g/mol. The van der Waals surface area contributed by atoms with Gasteiger partial charge in [-0.15, -0.1) is 24.9 Å². The van der Waals surface area contributed by atoms with Crippen molar-refractivity contribution in [2.75, 3.05) is 5.75 Å². The Balaban J connectivity index is 2.68. The molecule has 0 saturated heterocycles. The second-order valence-electron chi connectivity index (χ2n) is 0.994. The predicted molar refractivity (Wildman–Crippen MR) is 37.2 cm³/mol. The Bertz CT molecular complexity index is 49.2. The van der Waals surface area contributed by atoms with Gasteiger partial charge in [0.05, 0.1) is 0 Å². The van der Waals surface area contributed by atoms with Crippen LogP contribution in [0, 0.1) is 5.75 Å². The molecule has 0 aromatic rings. The van der Waals surface area contributed by atoms with E-state index < -0.39 is 0 Å². The van der Waals surface area contributed by atoms with Crippen LogP contribution in [0.2, 0.25) is 0 Å². The summed E-state index contributed by atoms with van der Waals surface area (Å²) in [6, 6.07) is 0. The summed E-state index contributed by atoms with van der Waals surface area (Å²) in [7, 11) is 0. The fraction of sp³-hybridized carbons (Fsp3) is 0.167. The van der Waals surface area contributed by atoms with Gasteiger partial charge in [0.2, 0.25) is 0 Å². The zero-order chi connectivity index (χ0) is 5.54. The molecule has 0 aromatic heterocycles. The number of thioether (sulfide) groups is 1. The highest BCUT2D eigenvalue weighted by molar-refractivity contribution is 8.01. The van der Waals surface area contributed by atoms with E-state index >= 15 is 0 Å². The lowest BCUT2D eigenvalue weighted by Gasteiger charge is -1.84. The van der Waals surface area contributed by atoms with Crippen molar-refractivity contribution in [3.8, 4) is 0 Å². The van der Waals surface area contributed by atoms with Crippen LogP contribution >= 0.6 is 11.8 Å². The molecule has 0 fully saturated rings. The van der Waals surface area contributed by atoms with E-state index in [1.165, 1.54) is 0 Å². The van der Waals surface area contributed by atoms with Gasteiger partial charge in [0, 0.05) is 11.5 Å². The SMILES string of the molecule is C=C[CH]S[14CH2]C=C. The lowest BCUT2D eigenvalue weighted by atomic mass is 10.8. The van der Waals surface area contributed by atoms with Gasteiger partial charge in [0.1, 0.15) is 0 Å². The van der Waals surface area contributed by atoms with Crippen molar-refractivity contribution in [1.82, 2.24) is 0 Å². The van der Waals surface area contributed by atoms with Gasteiger partial charge in [-0.25, -0.2) is 0 Å². The molecule has 0 aliphatic carbocycles. The van der Waals surface area contributed by atoms with E-state index in [9.17, 15) is 0 Å². The number of hydrogen-bond acceptors (Lipinski definition) is 1. The minimum atomic E-state index is 0.978. The molecule has 0 aromatic carbocycles. The van der Waals surface area contributed by atoms with Crippen LogP contribution in [-0.2, 0) is 0 Å². The first-order valence-corrected chi connectivity index (χ1v) is 3.13. The summed E-state index contributed by atoms with van der Waals surface area (Å²) in [4.78, 5) is 0. The minimum Gasteiger partial charge on any atom is -0.149 e. The van der Waals surface area contributed by atoms with E-state index in [4.69, 9.17) is 0 Å². The largest absolute Gasteiger partial charge is 0.149 e. The van der Waals surface area contributed by atoms with Crippen molar-refractivity contribution in [2.45, 2.75) is 0 Å². The molecule has 0 atom stereocenters. The van der Waals surface area contributed by atoms with Crippen molar-refractivity contribution in [3.63, 3.8) is 0 Å². The fourth-order valence-corrected chi connectivity index (χ4v) is 0.575. The molecule has 1 radical (unpaired) electrons. The maximum atomic E-state index is 3.56. The van der Waals surface area contributed by atoms with Crippen LogP contribution in [0.1, 0.15) is 0 Å². The Kier molecular flexibility index (Phi) is 5.69. The molecule has 0 spiro atoms. The first-order valence-electron chi connectivity index (χ1n) is 2.08. The van der Waals surface area contributed by atoms with Crippen LogP contribution in [0.25, 0.3) is 0 Å². The molecule has 0 N–H and O–H groups in total. The fourth-order valence-electron chi connectivity index (χ4n) is 0.192. The van der Waals surface area contributed by atoms with Crippen LogP contribution < -0.4 is 0 Å². The molecule has 0 nitrogen and oxygen atoms in total. The second-order valence-corrected chi connectivity index (χ2v) is 1.93. The summed E-state index contributed by atoms with van der Waals surface area (Å²) in [5, 5.41) is 0. The van der Waals surface area contributed by atoms with Crippen LogP contribution in [0.5, 0.6) is 0 Å². The van der Waals surface area contributed by atoms with Crippen LogP contribution in [-0.4, -0.2) is 5.75 Å². The molecule has 0 bridgehead atoms. The van der Waals surface area contributed by atoms with Crippen molar-refractivity contribution in [3.05, 3.63) is 31.1 Å². The standard InChI is InChI=1S/C6H9S/c1-3-5-7-6-4-2/h3-5H,1-2,6H2/i6+2. The summed E-state index contributed by atoms with van der Waals surface area (Å²) in [6.45, 7) is 7.08. The Hall–Kier alpha value is -0.170. The third-order valence-electron chi connectivity index (χ3n) is 0.407. The highest BCUT2D eigenvalue weighted by Crippen LogP contribution is 2.03. The molecular weight excluding hydrogens is 106 g/mol. The first-order chi connectivity index (χ1) is 3.41. The van der Waals surface area contributed by atoms with Crippen molar-refractivity contribution in [2.24, 2.45) is 0 Å². The Morgan fingerprint density at radius 1 is 1.43 bits per heavy atom. The van der Waals surface area contributed by atoms with Gasteiger partial charge in [0.25, 0.3) is 0 Å². The third-order valence-corrected chi connectivity index (χ3v) is 1.22. The van der Waals surface area contributed by atoms with Crippen LogP contribution in [0.15, 0.2) is 25.3 Å². The van der Waals surface area contributed by atoms with E-state index in [-0.39, 0.29) is 0 Å². The average molecular weight is 115 g/mol. The van der Waals surface area contributed by atoms with Gasteiger partial charge in [-0.2, -0.15) is 0 Å². The third kappa shape index (κ3) is 5.83. The van der Waals surface area contributed by atoms with E-state index in [0.717, 1.165) is 5.75 Å². The summed E-state index contributed by atoms with van der Waals surface area (Å²) in [6.07, 6.45) is 3.64. The highest BCUT2D eigenvalue weighted by Gasteiger charge is 1.74. The molecule has 0 unspecified atom stereocenters. The van der Waals surface area contributed by atoms with Gasteiger partial charge in [-0.05, 0) is 0 Å². The topological polar surface area (TPSA) is 0 Å². The maximum Gasteiger partial charge on any atom is 0.0381 e. The molecule has 0 saturated carbocycles. The van der Waals surface area contributed by atoms with Crippen molar-refractivity contribution in [1.29, 1.82) is 0 Å². The molecule has 0 rings (SSSR count). The van der Waals surface area contributed by atoms with Gasteiger partial charge < -0.3 is 0 Å². The quantitative estimate of drug-likeness (QED) is 0.400. The van der Waals surface area contributed by atoms with Gasteiger partial charge >= 0.3 is 0 Å². The molecule has 0 heterocycles. The first kappa shape index (κ1) is 6.83. The maximum absolute atomic E-state index is 3.56. The summed E-state index contributed by atoms with van der Waals surface area (Å²) in [5.41, 5.74) is 0. The molecule has 1 heteroatoms. The molecule has 0 aliphatic heterocycles. The average Bonchev–Trinajstić information content (AvgIpc) is 1.69. The molecule has 0 aliphatic rings. The number of hydrogen-bond donors (Lipinski definition) is 0. The van der Waals surface area contributed by atoms with E-state index in [2.05, 4.69) is 13.2 Å². The zero-order valence-electron chi connectivity index (χ0n) is 4.26. The number of rotatable bonds is 4. The molecule has 0 amide bonds. The van der Waals surface area contributed by atoms with Gasteiger partial charge in [-0.1, -0.05) is 12.2 Å². The van der Waals surface area contributed by atoms with E-state index in [0.29, 0.717) is 0 Å². The Morgan fingerprint density at radius 2 is 2.14 bits per heavy atom. The van der Waals surface area contributed by atoms with Crippen molar-refractivity contribution < 1.29 is 0 Å². The second kappa shape index (κ2) is 5.83. The molecular formula is C6H9S. The molecule has 7 heavy (non-hydrogen) atoms. The summed E-state index contributed by atoms with van der Waals surface area (Å²) in [5.74, 6) is 2.92. The van der Waals surface area contributed by atoms with E-state index in [1.54, 1.807) is 17.8 Å². The Morgan fingerprint density at radius 3 is 2.57 bits per heavy atom. The minimum absolute atomic E-state index is 0.978. The summed E-state index contributed by atoms with van der Waals surface area (Å²) < 4.78 is 0. The smallest absolute Gasteiger partial charge is 0.0381 e. The van der Waals surface area contributed by atoms with Crippen LogP contribution in [0.4, 0.5) is 0 Å². The predicted octanol–water partition coefficient (Wildman–Crippen LogP) is 2.25. The summed E-state index contributed by atoms with van der Waals surface area (Å²) >= 11 is 1.69. The Labute approximate surface area is 49.3 Å². The van der Waals surface area contributed by atoms with Gasteiger partial charge in [-0.3, -0.25) is 0 Å². The lowest BCUT2D eigenvalue weighted by Crippen LogP contribution is -1.63. The van der Waals surface area contributed by atoms with Gasteiger partial charge in [0.15, 0.2) is 0 Å². The van der Waals surface area contributed by atoms with E-state index in [1.807, 2.05) is 11.8 Å².